The van der Waals surface area contributed by atoms with Gasteiger partial charge in [-0.1, -0.05) is 51.2 Å². The monoisotopic (exact) mass is 252 g/mol. The number of epoxide rings is 2. The third-order valence-electron chi connectivity index (χ3n) is 3.84. The zero-order chi connectivity index (χ0) is 12.6. The minimum Gasteiger partial charge on any atom is -0.373 e. The average Bonchev–Trinajstić information content (AvgIpc) is 3.27. The van der Waals surface area contributed by atoms with Gasteiger partial charge >= 0.3 is 0 Å². The molecule has 0 amide bonds. The Hall–Kier alpha value is -0.340. The van der Waals surface area contributed by atoms with Gasteiger partial charge in [0.2, 0.25) is 0 Å². The predicted molar refractivity (Wildman–Crippen MR) is 74.8 cm³/mol. The van der Waals surface area contributed by atoms with Gasteiger partial charge in [0.05, 0.1) is 24.9 Å². The van der Waals surface area contributed by atoms with Gasteiger partial charge in [0.25, 0.3) is 0 Å². The number of rotatable bonds is 11. The Labute approximate surface area is 112 Å². The number of unbranched alkanes of at least 4 members (excludes halogenated alkanes) is 6. The molecule has 104 valence electrons. The number of hydrogen-bond donors (Lipinski definition) is 0. The van der Waals surface area contributed by atoms with Crippen molar-refractivity contribution >= 4 is 0 Å². The summed E-state index contributed by atoms with van der Waals surface area (Å²) in [4.78, 5) is 0. The molecule has 2 nitrogen and oxygen atoms in total. The fraction of sp³-hybridized carbons (Fsp3) is 0.875. The molecular weight excluding hydrogens is 224 g/mol. The van der Waals surface area contributed by atoms with Crippen LogP contribution >= 0.6 is 0 Å². The highest BCUT2D eigenvalue weighted by Gasteiger charge is 2.42. The van der Waals surface area contributed by atoms with E-state index >= 15 is 0 Å². The molecule has 2 rings (SSSR count). The van der Waals surface area contributed by atoms with Crippen LogP contribution in [-0.4, -0.2) is 24.9 Å². The first-order valence-electron chi connectivity index (χ1n) is 7.82. The predicted octanol–water partition coefficient (Wildman–Crippen LogP) is 4.24. The average molecular weight is 252 g/mol. The summed E-state index contributed by atoms with van der Waals surface area (Å²) in [6.45, 7) is 3.23. The topological polar surface area (TPSA) is 25.1 Å². The molecule has 0 bridgehead atoms. The lowest BCUT2D eigenvalue weighted by Crippen LogP contribution is -1.97. The van der Waals surface area contributed by atoms with Crippen LogP contribution in [0.4, 0.5) is 0 Å². The molecule has 2 aliphatic heterocycles. The van der Waals surface area contributed by atoms with Crippen molar-refractivity contribution in [2.75, 3.05) is 6.61 Å². The molecule has 0 radical (unpaired) electrons. The van der Waals surface area contributed by atoms with E-state index in [2.05, 4.69) is 19.1 Å². The van der Waals surface area contributed by atoms with E-state index in [0.29, 0.717) is 18.3 Å². The van der Waals surface area contributed by atoms with Gasteiger partial charge in [0.1, 0.15) is 0 Å². The summed E-state index contributed by atoms with van der Waals surface area (Å²) in [6, 6.07) is 0. The third kappa shape index (κ3) is 6.01. The number of allylic oxidation sites excluding steroid dienone is 1. The standard InChI is InChI=1S/C16H28O2/c1-2-3-4-5-6-7-8-9-10-11-15-16(18-15)12-14-13-17-14/h9-10,14-16H,2-8,11-13H2,1H3/b10-9-. The summed E-state index contributed by atoms with van der Waals surface area (Å²) in [5, 5.41) is 0. The molecule has 0 aromatic carbocycles. The minimum atomic E-state index is 0.495. The number of ether oxygens (including phenoxy) is 2. The van der Waals surface area contributed by atoms with E-state index in [-0.39, 0.29) is 0 Å². The largest absolute Gasteiger partial charge is 0.373 e. The minimum absolute atomic E-state index is 0.495. The van der Waals surface area contributed by atoms with Crippen LogP contribution in [0.25, 0.3) is 0 Å². The summed E-state index contributed by atoms with van der Waals surface area (Å²) in [6.07, 6.45) is 18.0. The summed E-state index contributed by atoms with van der Waals surface area (Å²) < 4.78 is 10.8. The number of hydrogen-bond acceptors (Lipinski definition) is 2. The second-order valence-corrected chi connectivity index (χ2v) is 5.67. The molecule has 0 saturated carbocycles. The molecule has 18 heavy (non-hydrogen) atoms. The summed E-state index contributed by atoms with van der Waals surface area (Å²) >= 11 is 0. The Bertz CT molecular complexity index is 245. The fourth-order valence-corrected chi connectivity index (χ4v) is 2.45. The smallest absolute Gasteiger partial charge is 0.0877 e. The maximum atomic E-state index is 5.61. The lowest BCUT2D eigenvalue weighted by molar-refractivity contribution is 0.332. The quantitative estimate of drug-likeness (QED) is 0.312. The molecular formula is C16H28O2. The van der Waals surface area contributed by atoms with Gasteiger partial charge in [-0.15, -0.1) is 0 Å². The molecule has 0 N–H and O–H groups in total. The van der Waals surface area contributed by atoms with Crippen molar-refractivity contribution in [1.82, 2.24) is 0 Å². The van der Waals surface area contributed by atoms with Crippen LogP contribution in [0.1, 0.15) is 64.7 Å². The molecule has 2 aliphatic rings. The highest BCUT2D eigenvalue weighted by molar-refractivity contribution is 4.96. The van der Waals surface area contributed by atoms with E-state index in [1.165, 1.54) is 44.9 Å². The van der Waals surface area contributed by atoms with E-state index in [1.54, 1.807) is 0 Å². The molecule has 2 fully saturated rings. The normalized spacial score (nSPS) is 29.9. The maximum Gasteiger partial charge on any atom is 0.0877 e. The van der Waals surface area contributed by atoms with Gasteiger partial charge in [-0.05, 0) is 19.3 Å². The van der Waals surface area contributed by atoms with Crippen LogP contribution in [0.5, 0.6) is 0 Å². The van der Waals surface area contributed by atoms with Crippen molar-refractivity contribution in [2.45, 2.75) is 83.0 Å². The summed E-state index contributed by atoms with van der Waals surface area (Å²) in [5.41, 5.74) is 0. The highest BCUT2D eigenvalue weighted by atomic mass is 16.6. The molecule has 2 heterocycles. The first kappa shape index (κ1) is 14.1. The van der Waals surface area contributed by atoms with E-state index in [4.69, 9.17) is 9.47 Å². The maximum absolute atomic E-state index is 5.61. The van der Waals surface area contributed by atoms with Crippen molar-refractivity contribution in [3.63, 3.8) is 0 Å². The molecule has 0 aromatic heterocycles. The summed E-state index contributed by atoms with van der Waals surface area (Å²) in [5.74, 6) is 0. The van der Waals surface area contributed by atoms with Gasteiger partial charge in [-0.2, -0.15) is 0 Å². The second kappa shape index (κ2) is 7.96. The Morgan fingerprint density at radius 2 is 1.78 bits per heavy atom. The van der Waals surface area contributed by atoms with Gasteiger partial charge in [-0.3, -0.25) is 0 Å². The van der Waals surface area contributed by atoms with E-state index in [0.717, 1.165) is 19.4 Å². The van der Waals surface area contributed by atoms with Gasteiger partial charge in [-0.25, -0.2) is 0 Å². The van der Waals surface area contributed by atoms with Crippen molar-refractivity contribution in [1.29, 1.82) is 0 Å². The van der Waals surface area contributed by atoms with Gasteiger partial charge in [0, 0.05) is 6.42 Å². The molecule has 3 atom stereocenters. The molecule has 0 aliphatic carbocycles. The first-order valence-corrected chi connectivity index (χ1v) is 7.82. The second-order valence-electron chi connectivity index (χ2n) is 5.67. The van der Waals surface area contributed by atoms with Crippen LogP contribution in [-0.2, 0) is 9.47 Å². The van der Waals surface area contributed by atoms with Crippen LogP contribution in [0, 0.1) is 0 Å². The van der Waals surface area contributed by atoms with Crippen LogP contribution < -0.4 is 0 Å². The van der Waals surface area contributed by atoms with Gasteiger partial charge in [0.15, 0.2) is 0 Å². The summed E-state index contributed by atoms with van der Waals surface area (Å²) in [7, 11) is 0. The molecule has 2 saturated heterocycles. The lowest BCUT2D eigenvalue weighted by Gasteiger charge is -1.97. The molecule has 0 spiro atoms. The Morgan fingerprint density at radius 3 is 2.56 bits per heavy atom. The lowest BCUT2D eigenvalue weighted by atomic mass is 10.1. The molecule has 3 unspecified atom stereocenters. The van der Waals surface area contributed by atoms with Crippen molar-refractivity contribution in [3.05, 3.63) is 12.2 Å². The van der Waals surface area contributed by atoms with Gasteiger partial charge < -0.3 is 9.47 Å². The van der Waals surface area contributed by atoms with E-state index in [9.17, 15) is 0 Å². The first-order chi connectivity index (χ1) is 8.90. The van der Waals surface area contributed by atoms with Crippen molar-refractivity contribution < 1.29 is 9.47 Å². The fourth-order valence-electron chi connectivity index (χ4n) is 2.45. The Balaban J connectivity index is 1.35. The Kier molecular flexibility index (Phi) is 6.22. The van der Waals surface area contributed by atoms with Crippen LogP contribution in [0.15, 0.2) is 12.2 Å². The zero-order valence-electron chi connectivity index (χ0n) is 11.8. The van der Waals surface area contributed by atoms with E-state index in [1.807, 2.05) is 0 Å². The molecule has 0 aromatic rings. The van der Waals surface area contributed by atoms with Crippen molar-refractivity contribution in [3.8, 4) is 0 Å². The van der Waals surface area contributed by atoms with E-state index < -0.39 is 0 Å². The Morgan fingerprint density at radius 1 is 1.00 bits per heavy atom. The zero-order valence-corrected chi connectivity index (χ0v) is 11.8. The highest BCUT2D eigenvalue weighted by Crippen LogP contribution is 2.33. The van der Waals surface area contributed by atoms with Crippen LogP contribution in [0.2, 0.25) is 0 Å². The van der Waals surface area contributed by atoms with Crippen LogP contribution in [0.3, 0.4) is 0 Å². The SMILES string of the molecule is CCCCCCCC/C=C\CC1OC1CC1CO1. The van der Waals surface area contributed by atoms with Crippen molar-refractivity contribution in [2.24, 2.45) is 0 Å². The third-order valence-corrected chi connectivity index (χ3v) is 3.84. The molecule has 2 heteroatoms.